The van der Waals surface area contributed by atoms with Gasteiger partial charge in [-0.15, -0.1) is 0 Å². The normalized spacial score (nSPS) is 10.2. The van der Waals surface area contributed by atoms with Gasteiger partial charge in [-0.1, -0.05) is 18.2 Å². The van der Waals surface area contributed by atoms with Crippen molar-refractivity contribution in [1.29, 1.82) is 0 Å². The van der Waals surface area contributed by atoms with Crippen molar-refractivity contribution < 1.29 is 14.3 Å². The van der Waals surface area contributed by atoms with Crippen LogP contribution in [0.1, 0.15) is 10.4 Å². The second-order valence-electron chi connectivity index (χ2n) is 5.10. The average Bonchev–Trinajstić information content (AvgIpc) is 2.63. The number of ether oxygens (including phenoxy) is 2. The predicted octanol–water partition coefficient (Wildman–Crippen LogP) is 4.90. The van der Waals surface area contributed by atoms with Crippen LogP contribution < -0.4 is 14.8 Å². The van der Waals surface area contributed by atoms with E-state index in [2.05, 4.69) is 26.2 Å². The van der Waals surface area contributed by atoms with Crippen LogP contribution >= 0.6 is 15.9 Å². The predicted molar refractivity (Wildman–Crippen MR) is 99.4 cm³/mol. The van der Waals surface area contributed by atoms with Crippen molar-refractivity contribution in [3.63, 3.8) is 0 Å². The van der Waals surface area contributed by atoms with Gasteiger partial charge < -0.3 is 14.8 Å². The van der Waals surface area contributed by atoms with Gasteiger partial charge >= 0.3 is 0 Å². The van der Waals surface area contributed by atoms with E-state index in [9.17, 15) is 4.79 Å². The number of carbonyl (C=O) groups excluding carboxylic acids is 1. The number of amides is 1. The number of rotatable bonds is 5. The number of hydrogen-bond acceptors (Lipinski definition) is 4. The second-order valence-corrected chi connectivity index (χ2v) is 5.95. The number of para-hydroxylation sites is 1. The standard InChI is InChI=1S/C19H15BrN2O3/c1-24-15-7-8-17(20)16(12-15)19(23)22-13-9-10-21-18(11-13)25-14-5-3-2-4-6-14/h2-12H,1H3,(H,21,22,23). The zero-order chi connectivity index (χ0) is 17.6. The molecule has 0 unspecified atom stereocenters. The van der Waals surface area contributed by atoms with Gasteiger partial charge in [-0.2, -0.15) is 0 Å². The monoisotopic (exact) mass is 398 g/mol. The molecule has 0 saturated carbocycles. The highest BCUT2D eigenvalue weighted by atomic mass is 79.9. The van der Waals surface area contributed by atoms with E-state index < -0.39 is 0 Å². The van der Waals surface area contributed by atoms with E-state index in [0.29, 0.717) is 33.1 Å². The Kier molecular flexibility index (Phi) is 5.30. The van der Waals surface area contributed by atoms with Crippen LogP contribution in [0.25, 0.3) is 0 Å². The van der Waals surface area contributed by atoms with Gasteiger partial charge in [0, 0.05) is 22.4 Å². The Morgan fingerprint density at radius 3 is 2.60 bits per heavy atom. The summed E-state index contributed by atoms with van der Waals surface area (Å²) in [6.07, 6.45) is 1.58. The smallest absolute Gasteiger partial charge is 0.256 e. The molecule has 0 aliphatic rings. The molecule has 0 atom stereocenters. The maximum Gasteiger partial charge on any atom is 0.256 e. The number of carbonyl (C=O) groups is 1. The summed E-state index contributed by atoms with van der Waals surface area (Å²) in [7, 11) is 1.56. The number of aromatic nitrogens is 1. The van der Waals surface area contributed by atoms with E-state index in [-0.39, 0.29) is 5.91 Å². The zero-order valence-corrected chi connectivity index (χ0v) is 15.0. The molecule has 3 aromatic rings. The number of nitrogens with one attached hydrogen (secondary N) is 1. The highest BCUT2D eigenvalue weighted by Crippen LogP contribution is 2.25. The average molecular weight is 399 g/mol. The molecular weight excluding hydrogens is 384 g/mol. The molecule has 5 nitrogen and oxygen atoms in total. The van der Waals surface area contributed by atoms with Crippen LogP contribution in [0.3, 0.4) is 0 Å². The van der Waals surface area contributed by atoms with E-state index in [1.807, 2.05) is 30.3 Å². The molecule has 25 heavy (non-hydrogen) atoms. The highest BCUT2D eigenvalue weighted by Gasteiger charge is 2.12. The fourth-order valence-corrected chi connectivity index (χ4v) is 2.58. The van der Waals surface area contributed by atoms with E-state index in [1.54, 1.807) is 43.6 Å². The topological polar surface area (TPSA) is 60.5 Å². The summed E-state index contributed by atoms with van der Waals surface area (Å²) in [6, 6.07) is 17.9. The van der Waals surface area contributed by atoms with Crippen molar-refractivity contribution in [1.82, 2.24) is 4.98 Å². The van der Waals surface area contributed by atoms with Gasteiger partial charge in [0.15, 0.2) is 0 Å². The number of hydrogen-bond donors (Lipinski definition) is 1. The fraction of sp³-hybridized carbons (Fsp3) is 0.0526. The number of anilines is 1. The summed E-state index contributed by atoms with van der Waals surface area (Å²) in [6.45, 7) is 0. The number of pyridine rings is 1. The molecule has 0 saturated heterocycles. The van der Waals surface area contributed by atoms with Crippen LogP contribution in [0.4, 0.5) is 5.69 Å². The Hall–Kier alpha value is -2.86. The van der Waals surface area contributed by atoms with Gasteiger partial charge in [0.25, 0.3) is 5.91 Å². The van der Waals surface area contributed by atoms with Crippen LogP contribution in [-0.2, 0) is 0 Å². The lowest BCUT2D eigenvalue weighted by molar-refractivity contribution is 0.102. The van der Waals surface area contributed by atoms with Crippen LogP contribution in [-0.4, -0.2) is 18.0 Å². The van der Waals surface area contributed by atoms with Crippen LogP contribution in [0.2, 0.25) is 0 Å². The lowest BCUT2D eigenvalue weighted by Crippen LogP contribution is -2.13. The Morgan fingerprint density at radius 2 is 1.84 bits per heavy atom. The SMILES string of the molecule is COc1ccc(Br)c(C(=O)Nc2ccnc(Oc3ccccc3)c2)c1. The summed E-state index contributed by atoms with van der Waals surface area (Å²) in [5.74, 6) is 1.42. The van der Waals surface area contributed by atoms with Gasteiger partial charge in [-0.05, 0) is 52.3 Å². The minimum atomic E-state index is -0.261. The third kappa shape index (κ3) is 4.36. The van der Waals surface area contributed by atoms with E-state index in [1.165, 1.54) is 0 Å². The van der Waals surface area contributed by atoms with Gasteiger partial charge in [0.1, 0.15) is 11.5 Å². The molecular formula is C19H15BrN2O3. The first-order valence-electron chi connectivity index (χ1n) is 7.49. The molecule has 1 amide bonds. The van der Waals surface area contributed by atoms with Crippen molar-refractivity contribution in [2.75, 3.05) is 12.4 Å². The van der Waals surface area contributed by atoms with Crippen molar-refractivity contribution in [2.45, 2.75) is 0 Å². The third-order valence-electron chi connectivity index (χ3n) is 3.38. The molecule has 0 fully saturated rings. The van der Waals surface area contributed by atoms with Gasteiger partial charge in [0.2, 0.25) is 5.88 Å². The molecule has 0 radical (unpaired) electrons. The fourth-order valence-electron chi connectivity index (χ4n) is 2.16. The minimum absolute atomic E-state index is 0.261. The summed E-state index contributed by atoms with van der Waals surface area (Å²) in [5, 5.41) is 2.83. The Bertz CT molecular complexity index is 885. The Balaban J connectivity index is 1.77. The number of methoxy groups -OCH3 is 1. The molecule has 6 heteroatoms. The maximum atomic E-state index is 12.5. The number of nitrogens with zero attached hydrogens (tertiary/aromatic N) is 1. The first kappa shape index (κ1) is 17.0. The molecule has 0 spiro atoms. The van der Waals surface area contributed by atoms with Crippen LogP contribution in [0.5, 0.6) is 17.4 Å². The van der Waals surface area contributed by atoms with Crippen molar-refractivity contribution in [2.24, 2.45) is 0 Å². The molecule has 3 rings (SSSR count). The van der Waals surface area contributed by atoms with E-state index in [0.717, 1.165) is 0 Å². The molecule has 0 aliphatic heterocycles. The van der Waals surface area contributed by atoms with Crippen molar-refractivity contribution in [3.8, 4) is 17.4 Å². The lowest BCUT2D eigenvalue weighted by Gasteiger charge is -2.10. The van der Waals surface area contributed by atoms with Gasteiger partial charge in [-0.3, -0.25) is 4.79 Å². The first-order valence-corrected chi connectivity index (χ1v) is 8.29. The lowest BCUT2D eigenvalue weighted by atomic mass is 10.2. The number of benzene rings is 2. The summed E-state index contributed by atoms with van der Waals surface area (Å²) < 4.78 is 11.5. The molecule has 126 valence electrons. The van der Waals surface area contributed by atoms with Crippen molar-refractivity contribution >= 4 is 27.5 Å². The molecule has 0 aliphatic carbocycles. The van der Waals surface area contributed by atoms with Crippen LogP contribution in [0, 0.1) is 0 Å². The molecule has 2 aromatic carbocycles. The quantitative estimate of drug-likeness (QED) is 0.663. The third-order valence-corrected chi connectivity index (χ3v) is 4.07. The van der Waals surface area contributed by atoms with Gasteiger partial charge in [-0.25, -0.2) is 4.98 Å². The molecule has 1 heterocycles. The second kappa shape index (κ2) is 7.81. The summed E-state index contributed by atoms with van der Waals surface area (Å²) in [5.41, 5.74) is 1.06. The maximum absolute atomic E-state index is 12.5. The first-order chi connectivity index (χ1) is 12.2. The number of halogens is 1. The summed E-state index contributed by atoms with van der Waals surface area (Å²) in [4.78, 5) is 16.7. The molecule has 0 bridgehead atoms. The zero-order valence-electron chi connectivity index (χ0n) is 13.4. The Morgan fingerprint density at radius 1 is 1.04 bits per heavy atom. The van der Waals surface area contributed by atoms with Gasteiger partial charge in [0.05, 0.1) is 12.7 Å². The molecule has 1 N–H and O–H groups in total. The largest absolute Gasteiger partial charge is 0.497 e. The highest BCUT2D eigenvalue weighted by molar-refractivity contribution is 9.10. The minimum Gasteiger partial charge on any atom is -0.497 e. The van der Waals surface area contributed by atoms with Crippen LogP contribution in [0.15, 0.2) is 71.3 Å². The van der Waals surface area contributed by atoms with Crippen molar-refractivity contribution in [3.05, 3.63) is 76.9 Å². The summed E-state index contributed by atoms with van der Waals surface area (Å²) >= 11 is 3.38. The van der Waals surface area contributed by atoms with E-state index in [4.69, 9.17) is 9.47 Å². The van der Waals surface area contributed by atoms with E-state index >= 15 is 0 Å². The molecule has 1 aromatic heterocycles. The Labute approximate surface area is 153 Å².